The lowest BCUT2D eigenvalue weighted by Gasteiger charge is -1.95. The Labute approximate surface area is 50.5 Å². The van der Waals surface area contributed by atoms with Crippen molar-refractivity contribution in [2.75, 3.05) is 0 Å². The Morgan fingerprint density at radius 1 is 1.22 bits per heavy atom. The van der Waals surface area contributed by atoms with E-state index in [9.17, 15) is 9.59 Å². The lowest BCUT2D eigenvalue weighted by molar-refractivity contribution is -0.132. The minimum atomic E-state index is -4.68. The van der Waals surface area contributed by atoms with Gasteiger partial charge >= 0.3 is 19.4 Å². The standard InChI is InChI=1S/C2H4NO5P/c3-1(4)2(5)9(6,7)8/h6-8H,(H-,3,4)/p+1. The minimum absolute atomic E-state index is 1.56. The van der Waals surface area contributed by atoms with Crippen LogP contribution < -0.4 is 5.73 Å². The molecule has 9 heavy (non-hydrogen) atoms. The molecule has 0 rings (SSSR count). The Hall–Kier alpha value is -0.550. The van der Waals surface area contributed by atoms with Crippen LogP contribution in [0, 0.1) is 0 Å². The van der Waals surface area contributed by atoms with Gasteiger partial charge in [0.1, 0.15) is 0 Å². The average molecular weight is 154 g/mol. The Morgan fingerprint density at radius 3 is 1.56 bits per heavy atom. The van der Waals surface area contributed by atoms with E-state index in [1.54, 1.807) is 0 Å². The lowest BCUT2D eigenvalue weighted by Crippen LogP contribution is -2.24. The van der Waals surface area contributed by atoms with Gasteiger partial charge in [-0.3, -0.25) is 4.79 Å². The third kappa shape index (κ3) is 2.48. The summed E-state index contributed by atoms with van der Waals surface area (Å²) in [5.41, 5.74) is 2.53. The molecule has 0 aliphatic heterocycles. The first kappa shape index (κ1) is 8.45. The van der Waals surface area contributed by atoms with E-state index in [1.165, 1.54) is 0 Å². The molecule has 0 heterocycles. The number of nitrogens with two attached hydrogens (primary N) is 1. The van der Waals surface area contributed by atoms with Crippen LogP contribution in [0.1, 0.15) is 0 Å². The molecule has 0 saturated carbocycles. The molecular formula is C2H5NO5P+. The highest BCUT2D eigenvalue weighted by Gasteiger charge is 2.46. The zero-order chi connectivity index (χ0) is 7.65. The van der Waals surface area contributed by atoms with Crippen LogP contribution >= 0.6 is 7.94 Å². The van der Waals surface area contributed by atoms with Crippen molar-refractivity contribution in [3.63, 3.8) is 0 Å². The van der Waals surface area contributed by atoms with E-state index >= 15 is 0 Å². The molecule has 52 valence electrons. The Morgan fingerprint density at radius 2 is 1.56 bits per heavy atom. The van der Waals surface area contributed by atoms with Crippen LogP contribution in [0.2, 0.25) is 0 Å². The topological polar surface area (TPSA) is 121 Å². The van der Waals surface area contributed by atoms with Crippen molar-refractivity contribution < 1.29 is 24.3 Å². The van der Waals surface area contributed by atoms with E-state index < -0.39 is 19.4 Å². The Bertz CT molecular complexity index is 148. The van der Waals surface area contributed by atoms with Gasteiger partial charge in [0.25, 0.3) is 0 Å². The molecule has 0 aromatic rings. The van der Waals surface area contributed by atoms with Crippen molar-refractivity contribution in [2.45, 2.75) is 0 Å². The van der Waals surface area contributed by atoms with Gasteiger partial charge in [0.05, 0.1) is 0 Å². The molecule has 0 aromatic heterocycles. The third-order valence-corrected chi connectivity index (χ3v) is 1.25. The van der Waals surface area contributed by atoms with Gasteiger partial charge in [-0.1, -0.05) is 0 Å². The number of carbonyl (C=O) groups is 2. The van der Waals surface area contributed by atoms with E-state index in [0.29, 0.717) is 0 Å². The van der Waals surface area contributed by atoms with E-state index in [2.05, 4.69) is 5.73 Å². The van der Waals surface area contributed by atoms with E-state index in [4.69, 9.17) is 14.7 Å². The highest BCUT2D eigenvalue weighted by atomic mass is 31.2. The molecule has 0 saturated heterocycles. The highest BCUT2D eigenvalue weighted by molar-refractivity contribution is 7.78. The molecule has 0 aliphatic rings. The van der Waals surface area contributed by atoms with Crippen molar-refractivity contribution >= 4 is 19.4 Å². The van der Waals surface area contributed by atoms with Gasteiger partial charge in [0.15, 0.2) is 0 Å². The second-order valence-electron chi connectivity index (χ2n) is 1.24. The number of hydrogen-bond acceptors (Lipinski definition) is 5. The maximum atomic E-state index is 9.99. The van der Waals surface area contributed by atoms with Gasteiger partial charge in [-0.25, -0.2) is 4.79 Å². The van der Waals surface area contributed by atoms with E-state index in [1.807, 2.05) is 0 Å². The van der Waals surface area contributed by atoms with Crippen molar-refractivity contribution in [1.29, 1.82) is 0 Å². The van der Waals surface area contributed by atoms with Crippen LogP contribution in [-0.2, 0) is 9.59 Å². The molecule has 0 spiro atoms. The smallest absolute Gasteiger partial charge is 0.359 e. The molecular weight excluding hydrogens is 149 g/mol. The molecule has 0 bridgehead atoms. The van der Waals surface area contributed by atoms with Crippen molar-refractivity contribution in [3.8, 4) is 0 Å². The molecule has 7 heteroatoms. The fourth-order valence-corrected chi connectivity index (χ4v) is 0.444. The molecule has 0 unspecified atom stereocenters. The van der Waals surface area contributed by atoms with Gasteiger partial charge < -0.3 is 5.73 Å². The van der Waals surface area contributed by atoms with Crippen LogP contribution in [0.4, 0.5) is 0 Å². The summed E-state index contributed by atoms with van der Waals surface area (Å²) in [6.45, 7) is 0. The summed E-state index contributed by atoms with van der Waals surface area (Å²) < 4.78 is 0. The zero-order valence-electron chi connectivity index (χ0n) is 4.18. The summed E-state index contributed by atoms with van der Waals surface area (Å²) in [5.74, 6) is -1.56. The first-order valence-corrected chi connectivity index (χ1v) is 3.42. The lowest BCUT2D eigenvalue weighted by atomic mass is 10.7. The average Bonchev–Trinajstić information content (AvgIpc) is 1.62. The predicted octanol–water partition coefficient (Wildman–Crippen LogP) is -2.26. The van der Waals surface area contributed by atoms with Crippen LogP contribution in [0.25, 0.3) is 0 Å². The number of primary amides is 1. The number of amides is 1. The summed E-state index contributed by atoms with van der Waals surface area (Å²) in [4.78, 5) is 43.8. The summed E-state index contributed by atoms with van der Waals surface area (Å²) in [6, 6.07) is 0. The predicted molar refractivity (Wildman–Crippen MR) is 27.8 cm³/mol. The van der Waals surface area contributed by atoms with Crippen molar-refractivity contribution in [1.82, 2.24) is 0 Å². The summed E-state index contributed by atoms with van der Waals surface area (Å²) in [5, 5.41) is 0. The normalized spacial score (nSPS) is 11.0. The Kier molecular flexibility index (Phi) is 2.22. The van der Waals surface area contributed by atoms with Crippen molar-refractivity contribution in [3.05, 3.63) is 0 Å². The first-order valence-electron chi connectivity index (χ1n) is 1.77. The monoisotopic (exact) mass is 154 g/mol. The van der Waals surface area contributed by atoms with E-state index in [-0.39, 0.29) is 0 Å². The second kappa shape index (κ2) is 2.36. The van der Waals surface area contributed by atoms with Crippen molar-refractivity contribution in [2.24, 2.45) is 5.73 Å². The molecule has 0 aromatic carbocycles. The molecule has 0 atom stereocenters. The van der Waals surface area contributed by atoms with Gasteiger partial charge in [-0.15, -0.1) is 0 Å². The van der Waals surface area contributed by atoms with E-state index in [0.717, 1.165) is 0 Å². The van der Waals surface area contributed by atoms with Gasteiger partial charge in [0.2, 0.25) is 0 Å². The number of rotatable bonds is 2. The SMILES string of the molecule is NC(=O)C(=O)[P+](O)(O)O. The molecule has 0 fully saturated rings. The molecule has 6 nitrogen and oxygen atoms in total. The number of carbonyl (C=O) groups excluding carboxylic acids is 2. The maximum absolute atomic E-state index is 9.99. The summed E-state index contributed by atoms with van der Waals surface area (Å²) in [7, 11) is -4.68. The van der Waals surface area contributed by atoms with Crippen LogP contribution in [0.5, 0.6) is 0 Å². The number of hydrogen-bond donors (Lipinski definition) is 4. The summed E-state index contributed by atoms with van der Waals surface area (Å²) in [6.07, 6.45) is 0. The minimum Gasteiger partial charge on any atom is -0.359 e. The van der Waals surface area contributed by atoms with Crippen LogP contribution in [0.3, 0.4) is 0 Å². The third-order valence-electron chi connectivity index (χ3n) is 0.483. The second-order valence-corrected chi connectivity index (χ2v) is 2.78. The van der Waals surface area contributed by atoms with Gasteiger partial charge in [-0.2, -0.15) is 14.7 Å². The molecule has 1 amide bonds. The maximum Gasteiger partial charge on any atom is 0.489 e. The van der Waals surface area contributed by atoms with Gasteiger partial charge in [0, 0.05) is 0 Å². The van der Waals surface area contributed by atoms with Gasteiger partial charge in [-0.05, 0) is 0 Å². The zero-order valence-corrected chi connectivity index (χ0v) is 5.08. The van der Waals surface area contributed by atoms with Crippen LogP contribution in [-0.4, -0.2) is 26.1 Å². The fourth-order valence-electron chi connectivity index (χ4n) is 0.148. The fraction of sp³-hybridized carbons (Fsp3) is 0. The van der Waals surface area contributed by atoms with Crippen LogP contribution in [0.15, 0.2) is 0 Å². The molecule has 0 aliphatic carbocycles. The largest absolute Gasteiger partial charge is 0.489 e. The Balaban J connectivity index is 4.23. The molecule has 0 radical (unpaired) electrons. The highest BCUT2D eigenvalue weighted by Crippen LogP contribution is 2.44. The first-order chi connectivity index (χ1) is 3.85. The molecule has 5 N–H and O–H groups in total. The summed E-state index contributed by atoms with van der Waals surface area (Å²) >= 11 is 0. The quantitative estimate of drug-likeness (QED) is 0.264.